The standard InChI is InChI=1S/C17H14ClN3O2/c1-11(22)12-5-7-15(8-6-12)19-10-16-20-21-17(23-16)13-3-2-4-14(18)9-13/h2-9,19H,10H2,1H3. The molecule has 3 aromatic rings. The zero-order valence-corrected chi connectivity index (χ0v) is 13.2. The first-order valence-electron chi connectivity index (χ1n) is 7.05. The van der Waals surface area contributed by atoms with Crippen LogP contribution in [0, 0.1) is 0 Å². The summed E-state index contributed by atoms with van der Waals surface area (Å²) in [5.41, 5.74) is 2.33. The molecule has 0 saturated carbocycles. The molecule has 0 radical (unpaired) electrons. The highest BCUT2D eigenvalue weighted by molar-refractivity contribution is 6.30. The highest BCUT2D eigenvalue weighted by Gasteiger charge is 2.09. The molecule has 0 unspecified atom stereocenters. The molecule has 6 heteroatoms. The van der Waals surface area contributed by atoms with Gasteiger partial charge in [-0.05, 0) is 49.4 Å². The van der Waals surface area contributed by atoms with Crippen LogP contribution in [0.2, 0.25) is 5.02 Å². The summed E-state index contributed by atoms with van der Waals surface area (Å²) in [5, 5.41) is 11.8. The normalized spacial score (nSPS) is 10.5. The van der Waals surface area contributed by atoms with Gasteiger partial charge in [0.05, 0.1) is 6.54 Å². The van der Waals surface area contributed by atoms with Crippen LogP contribution in [0.1, 0.15) is 23.2 Å². The second kappa shape index (κ2) is 6.62. The van der Waals surface area contributed by atoms with Crippen LogP contribution in [0.25, 0.3) is 11.5 Å². The van der Waals surface area contributed by atoms with Crippen LogP contribution in [0.3, 0.4) is 0 Å². The van der Waals surface area contributed by atoms with Crippen molar-refractivity contribution in [2.45, 2.75) is 13.5 Å². The quantitative estimate of drug-likeness (QED) is 0.711. The lowest BCUT2D eigenvalue weighted by Crippen LogP contribution is -2.00. The van der Waals surface area contributed by atoms with Crippen LogP contribution in [-0.2, 0) is 6.54 Å². The Morgan fingerprint density at radius 1 is 1.17 bits per heavy atom. The van der Waals surface area contributed by atoms with Gasteiger partial charge in [0.25, 0.3) is 0 Å². The molecule has 0 aliphatic heterocycles. The monoisotopic (exact) mass is 327 g/mol. The van der Waals surface area contributed by atoms with Crippen LogP contribution in [0.15, 0.2) is 52.9 Å². The number of anilines is 1. The molecule has 116 valence electrons. The van der Waals surface area contributed by atoms with E-state index in [2.05, 4.69) is 15.5 Å². The minimum absolute atomic E-state index is 0.0413. The number of hydrogen-bond acceptors (Lipinski definition) is 5. The van der Waals surface area contributed by atoms with Crippen molar-refractivity contribution in [1.82, 2.24) is 10.2 Å². The largest absolute Gasteiger partial charge is 0.419 e. The number of Topliss-reactive ketones (excluding diaryl/α,β-unsaturated/α-hetero) is 1. The fourth-order valence-corrected chi connectivity index (χ4v) is 2.25. The fraction of sp³-hybridized carbons (Fsp3) is 0.118. The van der Waals surface area contributed by atoms with Crippen LogP contribution >= 0.6 is 11.6 Å². The maximum atomic E-state index is 11.2. The van der Waals surface area contributed by atoms with Gasteiger partial charge >= 0.3 is 0 Å². The number of nitrogens with zero attached hydrogens (tertiary/aromatic N) is 2. The summed E-state index contributed by atoms with van der Waals surface area (Å²) in [6, 6.07) is 14.5. The minimum atomic E-state index is 0.0413. The van der Waals surface area contributed by atoms with Gasteiger partial charge in [-0.25, -0.2) is 0 Å². The highest BCUT2D eigenvalue weighted by atomic mass is 35.5. The van der Waals surface area contributed by atoms with E-state index in [-0.39, 0.29) is 5.78 Å². The summed E-state index contributed by atoms with van der Waals surface area (Å²) < 4.78 is 5.61. The third-order valence-electron chi connectivity index (χ3n) is 3.27. The number of hydrogen-bond donors (Lipinski definition) is 1. The number of nitrogens with one attached hydrogen (secondary N) is 1. The smallest absolute Gasteiger partial charge is 0.247 e. The number of benzene rings is 2. The molecule has 0 aliphatic rings. The lowest BCUT2D eigenvalue weighted by atomic mass is 10.1. The molecule has 1 aromatic heterocycles. The van der Waals surface area contributed by atoms with Gasteiger partial charge in [-0.15, -0.1) is 10.2 Å². The maximum absolute atomic E-state index is 11.2. The van der Waals surface area contributed by atoms with E-state index < -0.39 is 0 Å². The number of ketones is 1. The summed E-state index contributed by atoms with van der Waals surface area (Å²) in [5.74, 6) is 0.937. The van der Waals surface area contributed by atoms with Crippen molar-refractivity contribution in [3.8, 4) is 11.5 Å². The van der Waals surface area contributed by atoms with Crippen molar-refractivity contribution in [3.05, 3.63) is 65.0 Å². The van der Waals surface area contributed by atoms with Crippen molar-refractivity contribution >= 4 is 23.1 Å². The van der Waals surface area contributed by atoms with E-state index in [0.717, 1.165) is 11.3 Å². The Hall–Kier alpha value is -2.66. The van der Waals surface area contributed by atoms with E-state index in [1.165, 1.54) is 6.92 Å². The van der Waals surface area contributed by atoms with Crippen molar-refractivity contribution in [2.75, 3.05) is 5.32 Å². The second-order valence-corrected chi connectivity index (χ2v) is 5.43. The van der Waals surface area contributed by atoms with E-state index in [1.807, 2.05) is 24.3 Å². The summed E-state index contributed by atoms with van der Waals surface area (Å²) in [7, 11) is 0. The molecule has 0 atom stereocenters. The molecule has 5 nitrogen and oxygen atoms in total. The van der Waals surface area contributed by atoms with Gasteiger partial charge in [-0.2, -0.15) is 0 Å². The van der Waals surface area contributed by atoms with E-state index in [1.54, 1.807) is 24.3 Å². The van der Waals surface area contributed by atoms with Crippen LogP contribution < -0.4 is 5.32 Å². The number of carbonyl (C=O) groups excluding carboxylic acids is 1. The molecular formula is C17H14ClN3O2. The SMILES string of the molecule is CC(=O)c1ccc(NCc2nnc(-c3cccc(Cl)c3)o2)cc1. The van der Waals surface area contributed by atoms with Crippen LogP contribution in [0.5, 0.6) is 0 Å². The molecule has 0 aliphatic carbocycles. The van der Waals surface area contributed by atoms with Crippen LogP contribution in [0.4, 0.5) is 5.69 Å². The van der Waals surface area contributed by atoms with E-state index in [4.69, 9.17) is 16.0 Å². The zero-order valence-electron chi connectivity index (χ0n) is 12.4. The molecule has 23 heavy (non-hydrogen) atoms. The Kier molecular flexibility index (Phi) is 4.39. The molecule has 0 bridgehead atoms. The number of rotatable bonds is 5. The van der Waals surface area contributed by atoms with Gasteiger partial charge < -0.3 is 9.73 Å². The van der Waals surface area contributed by atoms with Gasteiger partial charge in [0, 0.05) is 21.8 Å². The third-order valence-corrected chi connectivity index (χ3v) is 3.51. The predicted octanol–water partition coefficient (Wildman–Crippen LogP) is 4.20. The van der Waals surface area contributed by atoms with Crippen molar-refractivity contribution in [1.29, 1.82) is 0 Å². The van der Waals surface area contributed by atoms with Crippen molar-refractivity contribution < 1.29 is 9.21 Å². The molecule has 0 spiro atoms. The lowest BCUT2D eigenvalue weighted by molar-refractivity contribution is 0.101. The van der Waals surface area contributed by atoms with Gasteiger partial charge in [0.2, 0.25) is 11.8 Å². The summed E-state index contributed by atoms with van der Waals surface area (Å²) in [4.78, 5) is 11.2. The lowest BCUT2D eigenvalue weighted by Gasteiger charge is -2.03. The Labute approximate surface area is 138 Å². The Morgan fingerprint density at radius 3 is 2.65 bits per heavy atom. The zero-order chi connectivity index (χ0) is 16.2. The van der Waals surface area contributed by atoms with Crippen LogP contribution in [-0.4, -0.2) is 16.0 Å². The topological polar surface area (TPSA) is 68.0 Å². The molecule has 0 amide bonds. The first kappa shape index (κ1) is 15.2. The van der Waals surface area contributed by atoms with Gasteiger partial charge in [0.15, 0.2) is 5.78 Å². The molecule has 0 saturated heterocycles. The molecule has 1 heterocycles. The van der Waals surface area contributed by atoms with Gasteiger partial charge in [-0.3, -0.25) is 4.79 Å². The predicted molar refractivity (Wildman–Crippen MR) is 88.5 cm³/mol. The molecule has 2 aromatic carbocycles. The summed E-state index contributed by atoms with van der Waals surface area (Å²) >= 11 is 5.95. The molecule has 1 N–H and O–H groups in total. The van der Waals surface area contributed by atoms with Gasteiger partial charge in [-0.1, -0.05) is 17.7 Å². The highest BCUT2D eigenvalue weighted by Crippen LogP contribution is 2.21. The first-order valence-corrected chi connectivity index (χ1v) is 7.43. The summed E-state index contributed by atoms with van der Waals surface area (Å²) in [6.07, 6.45) is 0. The minimum Gasteiger partial charge on any atom is -0.419 e. The van der Waals surface area contributed by atoms with Crippen molar-refractivity contribution in [2.24, 2.45) is 0 Å². The average molecular weight is 328 g/mol. The van der Waals surface area contributed by atoms with E-state index in [0.29, 0.717) is 28.9 Å². The van der Waals surface area contributed by atoms with E-state index in [9.17, 15) is 4.79 Å². The van der Waals surface area contributed by atoms with E-state index >= 15 is 0 Å². The Morgan fingerprint density at radius 2 is 1.96 bits per heavy atom. The number of aromatic nitrogens is 2. The Bertz CT molecular complexity index is 828. The van der Waals surface area contributed by atoms with Crippen molar-refractivity contribution in [3.63, 3.8) is 0 Å². The first-order chi connectivity index (χ1) is 11.1. The Balaban J connectivity index is 1.66. The number of halogens is 1. The van der Waals surface area contributed by atoms with Gasteiger partial charge in [0.1, 0.15) is 0 Å². The average Bonchev–Trinajstić information content (AvgIpc) is 3.02. The summed E-state index contributed by atoms with van der Waals surface area (Å²) in [6.45, 7) is 1.94. The second-order valence-electron chi connectivity index (χ2n) is 5.00. The molecule has 0 fully saturated rings. The maximum Gasteiger partial charge on any atom is 0.247 e. The molecule has 3 rings (SSSR count). The molecular weight excluding hydrogens is 314 g/mol. The fourth-order valence-electron chi connectivity index (χ4n) is 2.06. The third kappa shape index (κ3) is 3.76. The number of carbonyl (C=O) groups is 1.